The van der Waals surface area contributed by atoms with Crippen molar-refractivity contribution in [2.24, 2.45) is 5.10 Å². The number of benzene rings is 2. The van der Waals surface area contributed by atoms with Crippen molar-refractivity contribution in [3.8, 4) is 5.75 Å². The van der Waals surface area contributed by atoms with Gasteiger partial charge in [-0.15, -0.1) is 0 Å². The smallest absolute Gasteiger partial charge is 0.295 e. The van der Waals surface area contributed by atoms with E-state index in [1.165, 1.54) is 22.7 Å². The van der Waals surface area contributed by atoms with Crippen LogP contribution in [0.1, 0.15) is 18.4 Å². The summed E-state index contributed by atoms with van der Waals surface area (Å²) in [5, 5.41) is 25.1. The Balaban J connectivity index is 1.85. The second-order valence-electron chi connectivity index (χ2n) is 6.25. The average Bonchev–Trinajstić information content (AvgIpc) is 3.21. The highest BCUT2D eigenvalue weighted by atomic mass is 79.9. The first kappa shape index (κ1) is 21.7. The van der Waals surface area contributed by atoms with Crippen LogP contribution < -0.4 is 5.43 Å². The molecule has 0 spiro atoms. The van der Waals surface area contributed by atoms with Gasteiger partial charge in [0.1, 0.15) is 11.4 Å². The van der Waals surface area contributed by atoms with Crippen molar-refractivity contribution < 1.29 is 18.4 Å². The number of hydrogen-bond acceptors (Lipinski definition) is 7. The fraction of sp³-hybridized carbons (Fsp3) is 0.235. The fourth-order valence-corrected chi connectivity index (χ4v) is 5.59. The van der Waals surface area contributed by atoms with Gasteiger partial charge in [0, 0.05) is 19.2 Å². The Bertz CT molecular complexity index is 1060. The molecule has 2 N–H and O–H groups in total. The molecule has 0 aliphatic carbocycles. The second-order valence-corrected chi connectivity index (χ2v) is 9.90. The third-order valence-corrected chi connectivity index (χ3v) is 7.41. The molecule has 0 saturated carbocycles. The van der Waals surface area contributed by atoms with Crippen molar-refractivity contribution in [3.05, 3.63) is 55.0 Å². The number of nitrogens with zero attached hydrogens (tertiary/aromatic N) is 3. The van der Waals surface area contributed by atoms with Gasteiger partial charge in [0.2, 0.25) is 10.0 Å². The number of rotatable bonds is 6. The molecule has 0 atom stereocenters. The predicted molar refractivity (Wildman–Crippen MR) is 116 cm³/mol. The zero-order valence-corrected chi connectivity index (χ0v) is 18.9. The SMILES string of the molecule is O=[N+]([O-])c1cc(S(=O)(=O)N2CCCC2)ccc1NN=Cc1cc(Br)c(O)c(Br)c1. The number of hydrazone groups is 1. The molecule has 1 aliphatic heterocycles. The molecule has 12 heteroatoms. The number of nitro groups is 1. The molecular formula is C17H16Br2N4O5S. The summed E-state index contributed by atoms with van der Waals surface area (Å²) in [7, 11) is -3.76. The zero-order chi connectivity index (χ0) is 21.2. The number of aromatic hydroxyl groups is 1. The molecule has 0 amide bonds. The van der Waals surface area contributed by atoms with Crippen molar-refractivity contribution >= 4 is 59.5 Å². The molecule has 0 radical (unpaired) electrons. The van der Waals surface area contributed by atoms with E-state index in [9.17, 15) is 23.6 Å². The molecule has 0 bridgehead atoms. The van der Waals surface area contributed by atoms with Crippen molar-refractivity contribution in [1.82, 2.24) is 4.31 Å². The highest BCUT2D eigenvalue weighted by Crippen LogP contribution is 2.33. The number of nitro benzene ring substituents is 1. The van der Waals surface area contributed by atoms with Crippen LogP contribution in [0.3, 0.4) is 0 Å². The van der Waals surface area contributed by atoms with Crippen LogP contribution in [0.2, 0.25) is 0 Å². The van der Waals surface area contributed by atoms with Gasteiger partial charge in [0.05, 0.1) is 25.0 Å². The molecule has 0 aromatic heterocycles. The summed E-state index contributed by atoms with van der Waals surface area (Å²) in [4.78, 5) is 10.7. The Labute approximate surface area is 183 Å². The van der Waals surface area contributed by atoms with Crippen LogP contribution in [0, 0.1) is 10.1 Å². The Kier molecular flexibility index (Phi) is 6.56. The topological polar surface area (TPSA) is 125 Å². The van der Waals surface area contributed by atoms with Crippen LogP contribution in [-0.2, 0) is 10.0 Å². The lowest BCUT2D eigenvalue weighted by Crippen LogP contribution is -2.27. The van der Waals surface area contributed by atoms with E-state index >= 15 is 0 Å². The standard InChI is InChI=1S/C17H16Br2N4O5S/c18-13-7-11(8-14(19)17(13)24)10-20-21-15-4-3-12(9-16(15)23(25)26)29(27,28)22-5-1-2-6-22/h3-4,7-10,21,24H,1-2,5-6H2. The van der Waals surface area contributed by atoms with E-state index in [2.05, 4.69) is 42.4 Å². The first-order valence-corrected chi connectivity index (χ1v) is 11.5. The molecule has 1 aliphatic rings. The molecule has 154 valence electrons. The lowest BCUT2D eigenvalue weighted by Gasteiger charge is -2.15. The van der Waals surface area contributed by atoms with Crippen LogP contribution in [0.4, 0.5) is 11.4 Å². The molecule has 29 heavy (non-hydrogen) atoms. The maximum Gasteiger partial charge on any atom is 0.295 e. The number of sulfonamides is 1. The van der Waals surface area contributed by atoms with Gasteiger partial charge in [0.15, 0.2) is 0 Å². The Morgan fingerprint density at radius 2 is 1.79 bits per heavy atom. The summed E-state index contributed by atoms with van der Waals surface area (Å²) in [5.41, 5.74) is 2.85. The molecule has 2 aromatic carbocycles. The predicted octanol–water partition coefficient (Wildman–Crippen LogP) is 4.06. The number of anilines is 1. The minimum atomic E-state index is -3.76. The van der Waals surface area contributed by atoms with E-state index in [0.717, 1.165) is 18.9 Å². The highest BCUT2D eigenvalue weighted by molar-refractivity contribution is 9.11. The molecule has 2 aromatic rings. The van der Waals surface area contributed by atoms with Crippen molar-refractivity contribution in [2.45, 2.75) is 17.7 Å². The maximum atomic E-state index is 12.6. The third-order valence-electron chi connectivity index (χ3n) is 4.31. The van der Waals surface area contributed by atoms with E-state index < -0.39 is 20.6 Å². The van der Waals surface area contributed by atoms with Crippen molar-refractivity contribution in [1.29, 1.82) is 0 Å². The van der Waals surface area contributed by atoms with Crippen LogP contribution in [0.25, 0.3) is 0 Å². The summed E-state index contributed by atoms with van der Waals surface area (Å²) in [6, 6.07) is 6.92. The number of halogens is 2. The minimum Gasteiger partial charge on any atom is -0.506 e. The molecule has 9 nitrogen and oxygen atoms in total. The lowest BCUT2D eigenvalue weighted by atomic mass is 10.2. The minimum absolute atomic E-state index is 0.0422. The largest absolute Gasteiger partial charge is 0.506 e. The number of phenols is 1. The number of phenolic OH excluding ortho intramolecular Hbond substituents is 1. The van der Waals surface area contributed by atoms with Crippen LogP contribution in [0.5, 0.6) is 5.75 Å². The van der Waals surface area contributed by atoms with E-state index in [-0.39, 0.29) is 16.3 Å². The van der Waals surface area contributed by atoms with E-state index in [4.69, 9.17) is 0 Å². The normalized spacial score (nSPS) is 15.1. The number of nitrogens with one attached hydrogen (secondary N) is 1. The van der Waals surface area contributed by atoms with Crippen LogP contribution in [0.15, 0.2) is 49.3 Å². The van der Waals surface area contributed by atoms with E-state index in [1.807, 2.05) is 0 Å². The summed E-state index contributed by atoms with van der Waals surface area (Å²) in [6.45, 7) is 0.830. The average molecular weight is 548 g/mol. The molecular weight excluding hydrogens is 532 g/mol. The van der Waals surface area contributed by atoms with Gasteiger partial charge in [-0.1, -0.05) is 0 Å². The molecule has 1 heterocycles. The quantitative estimate of drug-likeness (QED) is 0.319. The zero-order valence-electron chi connectivity index (χ0n) is 14.9. The first-order chi connectivity index (χ1) is 13.7. The summed E-state index contributed by atoms with van der Waals surface area (Å²) in [5.74, 6) is 0.0422. The second kappa shape index (κ2) is 8.78. The van der Waals surface area contributed by atoms with Gasteiger partial charge in [-0.3, -0.25) is 15.5 Å². The molecule has 1 fully saturated rings. The van der Waals surface area contributed by atoms with Gasteiger partial charge in [-0.25, -0.2) is 8.42 Å². The van der Waals surface area contributed by atoms with Gasteiger partial charge < -0.3 is 5.11 Å². The van der Waals surface area contributed by atoms with E-state index in [0.29, 0.717) is 27.6 Å². The highest BCUT2D eigenvalue weighted by Gasteiger charge is 2.29. The van der Waals surface area contributed by atoms with Gasteiger partial charge >= 0.3 is 0 Å². The number of hydrogen-bond donors (Lipinski definition) is 2. The fourth-order valence-electron chi connectivity index (χ4n) is 2.83. The summed E-state index contributed by atoms with van der Waals surface area (Å²) in [6.07, 6.45) is 2.96. The van der Waals surface area contributed by atoms with Crippen molar-refractivity contribution in [3.63, 3.8) is 0 Å². The Morgan fingerprint density at radius 3 is 2.38 bits per heavy atom. The molecule has 1 saturated heterocycles. The first-order valence-electron chi connectivity index (χ1n) is 8.46. The van der Waals surface area contributed by atoms with Gasteiger partial charge in [-0.05, 0) is 74.5 Å². The third kappa shape index (κ3) is 4.77. The van der Waals surface area contributed by atoms with Gasteiger partial charge in [0.25, 0.3) is 5.69 Å². The summed E-state index contributed by atoms with van der Waals surface area (Å²) < 4.78 is 27.5. The Hall–Kier alpha value is -2.02. The lowest BCUT2D eigenvalue weighted by molar-refractivity contribution is -0.384. The van der Waals surface area contributed by atoms with Crippen LogP contribution >= 0.6 is 31.9 Å². The monoisotopic (exact) mass is 546 g/mol. The van der Waals surface area contributed by atoms with Crippen molar-refractivity contribution in [2.75, 3.05) is 18.5 Å². The Morgan fingerprint density at radius 1 is 1.17 bits per heavy atom. The van der Waals surface area contributed by atoms with Gasteiger partial charge in [-0.2, -0.15) is 9.41 Å². The maximum absolute atomic E-state index is 12.6. The van der Waals surface area contributed by atoms with E-state index in [1.54, 1.807) is 12.1 Å². The van der Waals surface area contributed by atoms with Crippen LogP contribution in [-0.4, -0.2) is 42.1 Å². The molecule has 0 unspecified atom stereocenters. The molecule has 3 rings (SSSR count). The summed E-state index contributed by atoms with van der Waals surface area (Å²) >= 11 is 6.41.